The largest absolute Gasteiger partial charge is 0.459 e. The van der Waals surface area contributed by atoms with Crippen molar-refractivity contribution in [2.45, 2.75) is 6.92 Å². The second-order valence-electron chi connectivity index (χ2n) is 6.86. The second kappa shape index (κ2) is 9.77. The molecule has 0 atom stereocenters. The first-order valence-electron chi connectivity index (χ1n) is 9.71. The third-order valence-corrected chi connectivity index (χ3v) is 4.78. The molecule has 2 heterocycles. The van der Waals surface area contributed by atoms with Crippen molar-refractivity contribution in [3.05, 3.63) is 59.5 Å². The van der Waals surface area contributed by atoms with Crippen molar-refractivity contribution in [3.8, 4) is 0 Å². The quantitative estimate of drug-likeness (QED) is 0.452. The summed E-state index contributed by atoms with van der Waals surface area (Å²) in [6, 6.07) is 10.9. The fourth-order valence-corrected chi connectivity index (χ4v) is 3.25. The van der Waals surface area contributed by atoms with Crippen molar-refractivity contribution in [2.75, 3.05) is 46.3 Å². The van der Waals surface area contributed by atoms with Crippen LogP contribution in [-0.2, 0) is 0 Å². The predicted octanol–water partition coefficient (Wildman–Crippen LogP) is 1.35. The average molecular weight is 397 g/mol. The molecule has 1 fully saturated rings. The third kappa shape index (κ3) is 5.37. The molecule has 1 aromatic carbocycles. The van der Waals surface area contributed by atoms with Gasteiger partial charge in [-0.05, 0) is 31.2 Å². The standard InChI is InChI=1S/C21H27N5O3/c1-16-5-3-6-17(15-16)19(27)23-8-9-24-21(22-2)26-12-10-25(11-13-26)20(28)18-7-4-14-29-18/h3-7,14-15H,8-13H2,1-2H3,(H,22,24)(H,23,27). The third-order valence-electron chi connectivity index (χ3n) is 4.78. The van der Waals surface area contributed by atoms with Crippen LogP contribution in [0.3, 0.4) is 0 Å². The van der Waals surface area contributed by atoms with E-state index in [1.165, 1.54) is 6.26 Å². The Labute approximate surface area is 170 Å². The molecule has 2 N–H and O–H groups in total. The fourth-order valence-electron chi connectivity index (χ4n) is 3.25. The summed E-state index contributed by atoms with van der Waals surface area (Å²) in [4.78, 5) is 32.7. The molecule has 0 saturated carbocycles. The van der Waals surface area contributed by atoms with Gasteiger partial charge < -0.3 is 24.9 Å². The number of benzene rings is 1. The molecule has 0 spiro atoms. The van der Waals surface area contributed by atoms with E-state index >= 15 is 0 Å². The molecule has 0 radical (unpaired) electrons. The number of guanidine groups is 1. The summed E-state index contributed by atoms with van der Waals surface area (Å²) >= 11 is 0. The topological polar surface area (TPSA) is 90.2 Å². The van der Waals surface area contributed by atoms with Gasteiger partial charge in [0.15, 0.2) is 11.7 Å². The molecule has 1 aliphatic rings. The van der Waals surface area contributed by atoms with E-state index in [4.69, 9.17) is 4.42 Å². The van der Waals surface area contributed by atoms with Crippen molar-refractivity contribution < 1.29 is 14.0 Å². The van der Waals surface area contributed by atoms with E-state index in [-0.39, 0.29) is 11.8 Å². The van der Waals surface area contributed by atoms with E-state index in [0.717, 1.165) is 11.5 Å². The van der Waals surface area contributed by atoms with Crippen LogP contribution in [0.1, 0.15) is 26.5 Å². The highest BCUT2D eigenvalue weighted by molar-refractivity contribution is 5.94. The molecule has 0 aliphatic carbocycles. The molecule has 0 unspecified atom stereocenters. The number of nitrogens with zero attached hydrogens (tertiary/aromatic N) is 3. The van der Waals surface area contributed by atoms with Crippen LogP contribution in [0.4, 0.5) is 0 Å². The van der Waals surface area contributed by atoms with E-state index in [0.29, 0.717) is 50.6 Å². The minimum Gasteiger partial charge on any atom is -0.459 e. The van der Waals surface area contributed by atoms with Gasteiger partial charge in [0, 0.05) is 51.9 Å². The van der Waals surface area contributed by atoms with Crippen LogP contribution in [0.2, 0.25) is 0 Å². The van der Waals surface area contributed by atoms with Gasteiger partial charge in [-0.25, -0.2) is 0 Å². The van der Waals surface area contributed by atoms with Gasteiger partial charge in [0.1, 0.15) is 0 Å². The maximum Gasteiger partial charge on any atom is 0.289 e. The van der Waals surface area contributed by atoms with Gasteiger partial charge in [-0.15, -0.1) is 0 Å². The Morgan fingerprint density at radius 2 is 1.76 bits per heavy atom. The normalized spacial score (nSPS) is 14.6. The van der Waals surface area contributed by atoms with Crippen molar-refractivity contribution in [2.24, 2.45) is 4.99 Å². The summed E-state index contributed by atoms with van der Waals surface area (Å²) < 4.78 is 5.19. The number of furan rings is 1. The molecule has 2 amide bonds. The zero-order chi connectivity index (χ0) is 20.6. The number of rotatable bonds is 5. The summed E-state index contributed by atoms with van der Waals surface area (Å²) in [5, 5.41) is 6.18. The molecule has 0 bridgehead atoms. The van der Waals surface area contributed by atoms with Crippen LogP contribution < -0.4 is 10.6 Å². The summed E-state index contributed by atoms with van der Waals surface area (Å²) in [5.74, 6) is 0.956. The van der Waals surface area contributed by atoms with Gasteiger partial charge in [0.25, 0.3) is 11.8 Å². The number of hydrogen-bond acceptors (Lipinski definition) is 4. The minimum absolute atomic E-state index is 0.0866. The lowest BCUT2D eigenvalue weighted by molar-refractivity contribution is 0.0657. The smallest absolute Gasteiger partial charge is 0.289 e. The maximum atomic E-state index is 12.3. The Hall–Kier alpha value is -3.29. The van der Waals surface area contributed by atoms with Gasteiger partial charge in [0.05, 0.1) is 6.26 Å². The molecular weight excluding hydrogens is 370 g/mol. The lowest BCUT2D eigenvalue weighted by atomic mass is 10.1. The molecule has 1 aromatic heterocycles. The maximum absolute atomic E-state index is 12.3. The van der Waals surface area contributed by atoms with Gasteiger partial charge in [-0.2, -0.15) is 0 Å². The van der Waals surface area contributed by atoms with Crippen LogP contribution >= 0.6 is 0 Å². The fraction of sp³-hybridized carbons (Fsp3) is 0.381. The van der Waals surface area contributed by atoms with Gasteiger partial charge in [0.2, 0.25) is 0 Å². The first-order chi connectivity index (χ1) is 14.1. The minimum atomic E-state index is -0.0875. The number of aryl methyl sites for hydroxylation is 1. The molecule has 8 heteroatoms. The van der Waals surface area contributed by atoms with Crippen molar-refractivity contribution in [3.63, 3.8) is 0 Å². The van der Waals surface area contributed by atoms with Crippen LogP contribution in [0.5, 0.6) is 0 Å². The molecule has 2 aromatic rings. The van der Waals surface area contributed by atoms with E-state index in [9.17, 15) is 9.59 Å². The highest BCUT2D eigenvalue weighted by atomic mass is 16.3. The predicted molar refractivity (Wildman–Crippen MR) is 111 cm³/mol. The van der Waals surface area contributed by atoms with Crippen LogP contribution in [0.25, 0.3) is 0 Å². The summed E-state index contributed by atoms with van der Waals surface area (Å²) in [6.45, 7) is 5.58. The number of aliphatic imine (C=N–C) groups is 1. The van der Waals surface area contributed by atoms with E-state index in [1.807, 2.05) is 25.1 Å². The van der Waals surface area contributed by atoms with Crippen LogP contribution in [0.15, 0.2) is 52.1 Å². The monoisotopic (exact) mass is 397 g/mol. The molecule has 154 valence electrons. The number of hydrogen-bond donors (Lipinski definition) is 2. The number of carbonyl (C=O) groups excluding carboxylic acids is 2. The Kier molecular flexibility index (Phi) is 6.89. The van der Waals surface area contributed by atoms with Crippen LogP contribution in [-0.4, -0.2) is 73.9 Å². The zero-order valence-electron chi connectivity index (χ0n) is 16.9. The second-order valence-corrected chi connectivity index (χ2v) is 6.86. The Balaban J connectivity index is 1.41. The molecule has 1 aliphatic heterocycles. The first kappa shape index (κ1) is 20.4. The summed E-state index contributed by atoms with van der Waals surface area (Å²) in [5.41, 5.74) is 1.72. The highest BCUT2D eigenvalue weighted by Gasteiger charge is 2.25. The summed E-state index contributed by atoms with van der Waals surface area (Å²) in [7, 11) is 1.73. The lowest BCUT2D eigenvalue weighted by Gasteiger charge is -2.36. The summed E-state index contributed by atoms with van der Waals surface area (Å²) in [6.07, 6.45) is 1.51. The van der Waals surface area contributed by atoms with Crippen LogP contribution in [0, 0.1) is 6.92 Å². The molecule has 29 heavy (non-hydrogen) atoms. The lowest BCUT2D eigenvalue weighted by Crippen LogP contribution is -2.54. The first-order valence-corrected chi connectivity index (χ1v) is 9.71. The van der Waals surface area contributed by atoms with Crippen molar-refractivity contribution in [1.82, 2.24) is 20.4 Å². The zero-order valence-corrected chi connectivity index (χ0v) is 16.9. The Bertz CT molecular complexity index is 855. The van der Waals surface area contributed by atoms with E-state index in [1.54, 1.807) is 30.1 Å². The molecule has 8 nitrogen and oxygen atoms in total. The van der Waals surface area contributed by atoms with Crippen molar-refractivity contribution in [1.29, 1.82) is 0 Å². The number of carbonyl (C=O) groups is 2. The van der Waals surface area contributed by atoms with E-state index < -0.39 is 0 Å². The Morgan fingerprint density at radius 3 is 2.41 bits per heavy atom. The van der Waals surface area contributed by atoms with Gasteiger partial charge >= 0.3 is 0 Å². The van der Waals surface area contributed by atoms with E-state index in [2.05, 4.69) is 20.5 Å². The molecular formula is C21H27N5O3. The number of amides is 2. The molecule has 3 rings (SSSR count). The van der Waals surface area contributed by atoms with Gasteiger partial charge in [-0.3, -0.25) is 14.6 Å². The number of piperazine rings is 1. The molecule has 1 saturated heterocycles. The average Bonchev–Trinajstić information content (AvgIpc) is 3.28. The van der Waals surface area contributed by atoms with Gasteiger partial charge in [-0.1, -0.05) is 17.7 Å². The Morgan fingerprint density at radius 1 is 1.03 bits per heavy atom. The van der Waals surface area contributed by atoms with Crippen molar-refractivity contribution >= 4 is 17.8 Å². The number of nitrogens with one attached hydrogen (secondary N) is 2. The highest BCUT2D eigenvalue weighted by Crippen LogP contribution is 2.09. The SMILES string of the molecule is CN=C(NCCNC(=O)c1cccc(C)c1)N1CCN(C(=O)c2ccco2)CC1.